The Morgan fingerprint density at radius 3 is 2.18 bits per heavy atom. The molecule has 2 rings (SSSR count). The zero-order valence-electron chi connectivity index (χ0n) is 9.65. The minimum atomic E-state index is -4.57. The number of halogens is 4. The summed E-state index contributed by atoms with van der Waals surface area (Å²) in [5.74, 6) is -0.644. The topological polar surface area (TPSA) is 13.1 Å². The quantitative estimate of drug-likeness (QED) is 0.603. The van der Waals surface area contributed by atoms with E-state index in [4.69, 9.17) is 4.42 Å². The van der Waals surface area contributed by atoms with E-state index in [-0.39, 0.29) is 16.5 Å². The molecule has 17 heavy (non-hydrogen) atoms. The largest absolute Gasteiger partial charge is 0.468 e. The lowest BCUT2D eigenvalue weighted by molar-refractivity contribution is -0.136. The summed E-state index contributed by atoms with van der Waals surface area (Å²) in [5.41, 5.74) is -1.01. The van der Waals surface area contributed by atoms with Gasteiger partial charge < -0.3 is 4.42 Å². The molecule has 0 aliphatic rings. The molecule has 0 aliphatic carbocycles. The first-order valence-electron chi connectivity index (χ1n) is 5.14. The SMILES string of the molecule is CC.Cc1occ2c(C(F)(F)F)cc(F)cc12. The monoisotopic (exact) mass is 248 g/mol. The summed E-state index contributed by atoms with van der Waals surface area (Å²) in [7, 11) is 0. The molecule has 94 valence electrons. The Bertz CT molecular complexity index is 511. The van der Waals surface area contributed by atoms with Gasteiger partial charge in [-0.2, -0.15) is 13.2 Å². The minimum Gasteiger partial charge on any atom is -0.468 e. The Balaban J connectivity index is 0.000000686. The molecule has 0 radical (unpaired) electrons. The summed E-state index contributed by atoms with van der Waals surface area (Å²) in [6.07, 6.45) is -3.58. The van der Waals surface area contributed by atoms with E-state index in [1.807, 2.05) is 13.8 Å². The van der Waals surface area contributed by atoms with E-state index in [1.165, 1.54) is 6.92 Å². The first-order chi connectivity index (χ1) is 7.89. The molecular weight excluding hydrogens is 236 g/mol. The number of benzene rings is 1. The second kappa shape index (κ2) is 4.77. The molecule has 0 spiro atoms. The Kier molecular flexibility index (Phi) is 3.80. The molecule has 0 N–H and O–H groups in total. The van der Waals surface area contributed by atoms with Crippen LogP contribution in [0.15, 0.2) is 22.8 Å². The van der Waals surface area contributed by atoms with Crippen LogP contribution in [0.4, 0.5) is 17.6 Å². The van der Waals surface area contributed by atoms with Crippen molar-refractivity contribution >= 4 is 10.8 Å². The minimum absolute atomic E-state index is 0.110. The van der Waals surface area contributed by atoms with Gasteiger partial charge in [-0.1, -0.05) is 13.8 Å². The van der Waals surface area contributed by atoms with Gasteiger partial charge in [-0.05, 0) is 19.1 Å². The van der Waals surface area contributed by atoms with Gasteiger partial charge in [0.1, 0.15) is 11.6 Å². The predicted molar refractivity (Wildman–Crippen MR) is 57.3 cm³/mol. The average Bonchev–Trinajstić information content (AvgIpc) is 2.61. The van der Waals surface area contributed by atoms with Crippen molar-refractivity contribution in [2.45, 2.75) is 26.9 Å². The average molecular weight is 248 g/mol. The van der Waals surface area contributed by atoms with Crippen molar-refractivity contribution in [3.8, 4) is 0 Å². The van der Waals surface area contributed by atoms with Gasteiger partial charge in [-0.15, -0.1) is 0 Å². The number of alkyl halides is 3. The van der Waals surface area contributed by atoms with Crippen LogP contribution in [0.25, 0.3) is 10.8 Å². The zero-order chi connectivity index (χ0) is 13.2. The molecule has 0 unspecified atom stereocenters. The van der Waals surface area contributed by atoms with Gasteiger partial charge in [-0.3, -0.25) is 0 Å². The molecule has 0 fully saturated rings. The van der Waals surface area contributed by atoms with Crippen molar-refractivity contribution in [3.63, 3.8) is 0 Å². The normalized spacial score (nSPS) is 11.2. The smallest absolute Gasteiger partial charge is 0.417 e. The van der Waals surface area contributed by atoms with E-state index in [2.05, 4.69) is 0 Å². The third-order valence-corrected chi connectivity index (χ3v) is 2.18. The van der Waals surface area contributed by atoms with Crippen LogP contribution in [0.3, 0.4) is 0 Å². The Hall–Kier alpha value is -1.52. The molecule has 2 aromatic rings. The maximum absolute atomic E-state index is 12.9. The van der Waals surface area contributed by atoms with Gasteiger partial charge in [0, 0.05) is 10.8 Å². The maximum atomic E-state index is 12.9. The first kappa shape index (κ1) is 13.5. The van der Waals surface area contributed by atoms with Gasteiger partial charge in [0.05, 0.1) is 11.8 Å². The van der Waals surface area contributed by atoms with Crippen LogP contribution in [0.5, 0.6) is 0 Å². The Morgan fingerprint density at radius 2 is 1.65 bits per heavy atom. The van der Waals surface area contributed by atoms with Crippen molar-refractivity contribution in [3.05, 3.63) is 35.5 Å². The van der Waals surface area contributed by atoms with Crippen LogP contribution < -0.4 is 0 Å². The molecule has 0 aliphatic heterocycles. The summed E-state index contributed by atoms with van der Waals surface area (Å²) >= 11 is 0. The molecule has 1 aromatic carbocycles. The lowest BCUT2D eigenvalue weighted by Gasteiger charge is -2.07. The van der Waals surface area contributed by atoms with Crippen LogP contribution in [0, 0.1) is 12.7 Å². The number of aryl methyl sites for hydroxylation is 1. The molecule has 1 aromatic heterocycles. The summed E-state index contributed by atoms with van der Waals surface area (Å²) in [5, 5.41) is 0.0451. The van der Waals surface area contributed by atoms with E-state index in [0.29, 0.717) is 6.07 Å². The van der Waals surface area contributed by atoms with E-state index in [1.54, 1.807) is 0 Å². The Morgan fingerprint density at radius 1 is 1.06 bits per heavy atom. The summed E-state index contributed by atoms with van der Waals surface area (Å²) in [6, 6.07) is 1.50. The van der Waals surface area contributed by atoms with Crippen LogP contribution in [0.2, 0.25) is 0 Å². The number of rotatable bonds is 0. The highest BCUT2D eigenvalue weighted by Crippen LogP contribution is 2.36. The van der Waals surface area contributed by atoms with E-state index in [0.717, 1.165) is 12.3 Å². The third-order valence-electron chi connectivity index (χ3n) is 2.18. The van der Waals surface area contributed by atoms with Crippen molar-refractivity contribution in [1.29, 1.82) is 0 Å². The summed E-state index contributed by atoms with van der Waals surface area (Å²) in [6.45, 7) is 5.49. The molecule has 0 saturated heterocycles. The van der Waals surface area contributed by atoms with E-state index >= 15 is 0 Å². The highest BCUT2D eigenvalue weighted by molar-refractivity contribution is 5.87. The van der Waals surface area contributed by atoms with Gasteiger partial charge >= 0.3 is 6.18 Å². The number of furan rings is 1. The maximum Gasteiger partial charge on any atom is 0.417 e. The standard InChI is InChI=1S/C10H6F4O.C2H6/c1-5-7-2-6(11)3-9(10(12,13)14)8(7)4-15-5;1-2/h2-4H,1H3;1-2H3. The number of hydrogen-bond acceptors (Lipinski definition) is 1. The molecule has 0 amide bonds. The molecule has 5 heteroatoms. The molecular formula is C12H12F4O. The fourth-order valence-electron chi connectivity index (χ4n) is 1.48. The van der Waals surface area contributed by atoms with Gasteiger partial charge in [0.25, 0.3) is 0 Å². The Labute approximate surface area is 96.0 Å². The number of hydrogen-bond donors (Lipinski definition) is 0. The van der Waals surface area contributed by atoms with Crippen molar-refractivity contribution in [1.82, 2.24) is 0 Å². The van der Waals surface area contributed by atoms with E-state index < -0.39 is 17.6 Å². The molecule has 1 heterocycles. The second-order valence-corrected chi connectivity index (χ2v) is 3.20. The van der Waals surface area contributed by atoms with Crippen molar-refractivity contribution < 1.29 is 22.0 Å². The highest BCUT2D eigenvalue weighted by Gasteiger charge is 2.34. The van der Waals surface area contributed by atoms with Gasteiger partial charge in [-0.25, -0.2) is 4.39 Å². The fraction of sp³-hybridized carbons (Fsp3) is 0.333. The zero-order valence-corrected chi connectivity index (χ0v) is 9.65. The first-order valence-corrected chi connectivity index (χ1v) is 5.14. The predicted octanol–water partition coefficient (Wildman–Crippen LogP) is 4.93. The molecule has 0 atom stereocenters. The molecule has 0 saturated carbocycles. The third kappa shape index (κ3) is 2.60. The summed E-state index contributed by atoms with van der Waals surface area (Å²) < 4.78 is 55.3. The molecule has 1 nitrogen and oxygen atoms in total. The fourth-order valence-corrected chi connectivity index (χ4v) is 1.48. The van der Waals surface area contributed by atoms with Crippen LogP contribution in [-0.2, 0) is 6.18 Å². The van der Waals surface area contributed by atoms with Crippen molar-refractivity contribution in [2.75, 3.05) is 0 Å². The van der Waals surface area contributed by atoms with E-state index in [9.17, 15) is 17.6 Å². The van der Waals surface area contributed by atoms with Crippen LogP contribution in [-0.4, -0.2) is 0 Å². The lowest BCUT2D eigenvalue weighted by atomic mass is 10.1. The molecule has 0 bridgehead atoms. The van der Waals surface area contributed by atoms with Gasteiger partial charge in [0.2, 0.25) is 0 Å². The van der Waals surface area contributed by atoms with Crippen LogP contribution in [0.1, 0.15) is 25.2 Å². The van der Waals surface area contributed by atoms with Crippen molar-refractivity contribution in [2.24, 2.45) is 0 Å². The second-order valence-electron chi connectivity index (χ2n) is 3.20. The van der Waals surface area contributed by atoms with Gasteiger partial charge in [0.15, 0.2) is 0 Å². The lowest BCUT2D eigenvalue weighted by Crippen LogP contribution is -2.05. The van der Waals surface area contributed by atoms with Crippen LogP contribution >= 0.6 is 0 Å². The summed E-state index contributed by atoms with van der Waals surface area (Å²) in [4.78, 5) is 0. The number of fused-ring (bicyclic) bond motifs is 1. The highest BCUT2D eigenvalue weighted by atomic mass is 19.4.